The van der Waals surface area contributed by atoms with Crippen molar-refractivity contribution in [1.29, 1.82) is 0 Å². The molecule has 0 saturated heterocycles. The summed E-state index contributed by atoms with van der Waals surface area (Å²) in [5, 5.41) is 15.0. The minimum Gasteiger partial charge on any atom is -0.339 e. The molecule has 0 atom stereocenters. The van der Waals surface area contributed by atoms with Gasteiger partial charge in [0.15, 0.2) is 5.82 Å². The molecule has 6 heteroatoms. The summed E-state index contributed by atoms with van der Waals surface area (Å²) in [5.41, 5.74) is 3.98. The zero-order valence-electron chi connectivity index (χ0n) is 12.8. The minimum absolute atomic E-state index is 0.428. The molecule has 0 saturated carbocycles. The summed E-state index contributed by atoms with van der Waals surface area (Å²) in [4.78, 5) is 4.40. The van der Waals surface area contributed by atoms with Gasteiger partial charge in [-0.05, 0) is 43.7 Å². The normalized spacial score (nSPS) is 10.4. The van der Waals surface area contributed by atoms with Gasteiger partial charge in [0.2, 0.25) is 5.95 Å². The van der Waals surface area contributed by atoms with Gasteiger partial charge in [0.25, 0.3) is 0 Å². The quantitative estimate of drug-likeness (QED) is 0.732. The zero-order valence-corrected chi connectivity index (χ0v) is 13.6. The van der Waals surface area contributed by atoms with Crippen LogP contribution in [0.2, 0.25) is 5.02 Å². The van der Waals surface area contributed by atoms with Crippen LogP contribution in [0.25, 0.3) is 0 Å². The summed E-state index contributed by atoms with van der Waals surface area (Å²) in [6.45, 7) is 4.00. The molecular formula is C17H16ClN5. The Hall–Kier alpha value is -2.66. The van der Waals surface area contributed by atoms with Crippen LogP contribution in [-0.2, 0) is 0 Å². The van der Waals surface area contributed by atoms with Gasteiger partial charge in [-0.1, -0.05) is 35.4 Å². The van der Waals surface area contributed by atoms with Gasteiger partial charge in [0.1, 0.15) is 0 Å². The van der Waals surface area contributed by atoms with Crippen molar-refractivity contribution in [1.82, 2.24) is 15.2 Å². The molecule has 0 aliphatic carbocycles. The first kappa shape index (κ1) is 15.2. The number of anilines is 4. The lowest BCUT2D eigenvalue weighted by Gasteiger charge is -2.09. The molecule has 0 aliphatic heterocycles. The Labute approximate surface area is 139 Å². The minimum atomic E-state index is 0.428. The Kier molecular flexibility index (Phi) is 4.39. The first-order chi connectivity index (χ1) is 11.1. The van der Waals surface area contributed by atoms with Gasteiger partial charge < -0.3 is 10.6 Å². The second kappa shape index (κ2) is 6.62. The molecule has 0 aliphatic rings. The van der Waals surface area contributed by atoms with Crippen LogP contribution in [0.1, 0.15) is 11.1 Å². The average molecular weight is 326 g/mol. The van der Waals surface area contributed by atoms with E-state index in [4.69, 9.17) is 11.6 Å². The summed E-state index contributed by atoms with van der Waals surface area (Å²) in [7, 11) is 0. The Morgan fingerprint density at radius 1 is 0.913 bits per heavy atom. The third-order valence-corrected chi connectivity index (χ3v) is 3.72. The molecule has 0 bridgehead atoms. The van der Waals surface area contributed by atoms with Crippen LogP contribution in [0.5, 0.6) is 0 Å². The third kappa shape index (κ3) is 3.96. The van der Waals surface area contributed by atoms with Crippen molar-refractivity contribution in [3.05, 3.63) is 64.8 Å². The Balaban J connectivity index is 1.76. The van der Waals surface area contributed by atoms with E-state index in [2.05, 4.69) is 25.8 Å². The highest BCUT2D eigenvalue weighted by atomic mass is 35.5. The molecule has 3 rings (SSSR count). The average Bonchev–Trinajstić information content (AvgIpc) is 2.54. The fourth-order valence-corrected chi connectivity index (χ4v) is 2.18. The van der Waals surface area contributed by atoms with Gasteiger partial charge in [-0.2, -0.15) is 10.1 Å². The highest BCUT2D eigenvalue weighted by Gasteiger charge is 2.03. The third-order valence-electron chi connectivity index (χ3n) is 3.31. The smallest absolute Gasteiger partial charge is 0.249 e. The maximum atomic E-state index is 6.13. The van der Waals surface area contributed by atoms with Crippen LogP contribution in [0.4, 0.5) is 23.1 Å². The Morgan fingerprint density at radius 2 is 1.65 bits per heavy atom. The molecule has 116 valence electrons. The molecule has 0 radical (unpaired) electrons. The van der Waals surface area contributed by atoms with Crippen molar-refractivity contribution in [2.45, 2.75) is 13.8 Å². The van der Waals surface area contributed by atoms with Crippen molar-refractivity contribution in [3.63, 3.8) is 0 Å². The molecule has 2 N–H and O–H groups in total. The van der Waals surface area contributed by atoms with E-state index in [0.717, 1.165) is 16.9 Å². The maximum Gasteiger partial charge on any atom is 0.249 e. The van der Waals surface area contributed by atoms with Crippen molar-refractivity contribution in [3.8, 4) is 0 Å². The molecule has 23 heavy (non-hydrogen) atoms. The summed E-state index contributed by atoms with van der Waals surface area (Å²) < 4.78 is 0. The first-order valence-corrected chi connectivity index (χ1v) is 7.54. The highest BCUT2D eigenvalue weighted by molar-refractivity contribution is 6.31. The standard InChI is InChI=1S/C17H16ClN5/c1-11-3-6-13(7-4-11)21-17-22-16(10-19-23-17)20-14-8-5-12(2)15(18)9-14/h3-10H,1-2H3,(H2,20,21,22,23). The van der Waals surface area contributed by atoms with E-state index in [1.807, 2.05) is 56.3 Å². The molecule has 1 heterocycles. The Morgan fingerprint density at radius 3 is 2.39 bits per heavy atom. The lowest BCUT2D eigenvalue weighted by atomic mass is 10.2. The molecular weight excluding hydrogens is 310 g/mol. The largest absolute Gasteiger partial charge is 0.339 e. The summed E-state index contributed by atoms with van der Waals surface area (Å²) >= 11 is 6.13. The van der Waals surface area contributed by atoms with Crippen molar-refractivity contribution >= 4 is 34.7 Å². The summed E-state index contributed by atoms with van der Waals surface area (Å²) in [6, 6.07) is 13.7. The SMILES string of the molecule is Cc1ccc(Nc2nncc(Nc3ccc(C)c(Cl)c3)n2)cc1. The van der Waals surface area contributed by atoms with E-state index in [1.165, 1.54) is 5.56 Å². The van der Waals surface area contributed by atoms with Gasteiger partial charge in [-0.25, -0.2) is 0 Å². The molecule has 0 unspecified atom stereocenters. The van der Waals surface area contributed by atoms with Crippen LogP contribution in [-0.4, -0.2) is 15.2 Å². The maximum absolute atomic E-state index is 6.13. The molecule has 0 fully saturated rings. The molecule has 5 nitrogen and oxygen atoms in total. The van der Waals surface area contributed by atoms with Gasteiger partial charge in [-0.15, -0.1) is 5.10 Å². The number of hydrogen-bond acceptors (Lipinski definition) is 5. The fraction of sp³-hybridized carbons (Fsp3) is 0.118. The topological polar surface area (TPSA) is 62.7 Å². The molecule has 2 aromatic carbocycles. The van der Waals surface area contributed by atoms with Crippen LogP contribution >= 0.6 is 11.6 Å². The lowest BCUT2D eigenvalue weighted by molar-refractivity contribution is 0.982. The zero-order chi connectivity index (χ0) is 16.2. The number of benzene rings is 2. The van der Waals surface area contributed by atoms with Crippen LogP contribution in [0, 0.1) is 13.8 Å². The number of halogens is 1. The molecule has 1 aromatic heterocycles. The van der Waals surface area contributed by atoms with Crippen molar-refractivity contribution in [2.75, 3.05) is 10.6 Å². The molecule has 0 spiro atoms. The second-order valence-corrected chi connectivity index (χ2v) is 5.65. The van der Waals surface area contributed by atoms with Crippen LogP contribution < -0.4 is 10.6 Å². The first-order valence-electron chi connectivity index (χ1n) is 7.17. The predicted octanol–water partition coefficient (Wildman–Crippen LogP) is 4.63. The number of nitrogens with one attached hydrogen (secondary N) is 2. The van der Waals surface area contributed by atoms with E-state index in [1.54, 1.807) is 6.20 Å². The van der Waals surface area contributed by atoms with E-state index >= 15 is 0 Å². The molecule has 3 aromatic rings. The van der Waals surface area contributed by atoms with E-state index < -0.39 is 0 Å². The van der Waals surface area contributed by atoms with Crippen LogP contribution in [0.15, 0.2) is 48.7 Å². The number of aromatic nitrogens is 3. The van der Waals surface area contributed by atoms with Gasteiger partial charge >= 0.3 is 0 Å². The summed E-state index contributed by atoms with van der Waals surface area (Å²) in [5.74, 6) is 1.02. The molecule has 0 amide bonds. The van der Waals surface area contributed by atoms with Gasteiger partial charge in [0, 0.05) is 16.4 Å². The fourth-order valence-electron chi connectivity index (χ4n) is 2.00. The van der Waals surface area contributed by atoms with Crippen LogP contribution in [0.3, 0.4) is 0 Å². The second-order valence-electron chi connectivity index (χ2n) is 5.25. The number of rotatable bonds is 4. The Bertz CT molecular complexity index is 817. The highest BCUT2D eigenvalue weighted by Crippen LogP contribution is 2.22. The number of hydrogen-bond donors (Lipinski definition) is 2. The number of aryl methyl sites for hydroxylation is 2. The number of nitrogens with zero attached hydrogens (tertiary/aromatic N) is 3. The van der Waals surface area contributed by atoms with E-state index in [0.29, 0.717) is 16.8 Å². The van der Waals surface area contributed by atoms with Crippen molar-refractivity contribution < 1.29 is 0 Å². The van der Waals surface area contributed by atoms with Crippen molar-refractivity contribution in [2.24, 2.45) is 0 Å². The van der Waals surface area contributed by atoms with Gasteiger partial charge in [0.05, 0.1) is 6.20 Å². The summed E-state index contributed by atoms with van der Waals surface area (Å²) in [6.07, 6.45) is 1.56. The van der Waals surface area contributed by atoms with E-state index in [9.17, 15) is 0 Å². The predicted molar refractivity (Wildman–Crippen MR) is 93.8 cm³/mol. The van der Waals surface area contributed by atoms with E-state index in [-0.39, 0.29) is 0 Å². The van der Waals surface area contributed by atoms with Gasteiger partial charge in [-0.3, -0.25) is 0 Å². The monoisotopic (exact) mass is 325 g/mol. The lowest BCUT2D eigenvalue weighted by Crippen LogP contribution is -2.02.